The predicted molar refractivity (Wildman–Crippen MR) is 137 cm³/mol. The van der Waals surface area contributed by atoms with Crippen LogP contribution in [0.4, 0.5) is 8.78 Å². The summed E-state index contributed by atoms with van der Waals surface area (Å²) in [5.41, 5.74) is 2.23. The van der Waals surface area contributed by atoms with E-state index in [4.69, 9.17) is 4.74 Å². The van der Waals surface area contributed by atoms with Gasteiger partial charge in [0.2, 0.25) is 0 Å². The number of benzene rings is 1. The highest BCUT2D eigenvalue weighted by Crippen LogP contribution is 2.48. The maximum absolute atomic E-state index is 15.7. The van der Waals surface area contributed by atoms with Gasteiger partial charge in [0.15, 0.2) is 0 Å². The molecule has 34 heavy (non-hydrogen) atoms. The third-order valence-corrected chi connectivity index (χ3v) is 9.30. The van der Waals surface area contributed by atoms with E-state index in [9.17, 15) is 0 Å². The van der Waals surface area contributed by atoms with Gasteiger partial charge in [-0.05, 0) is 105 Å². The van der Waals surface area contributed by atoms with E-state index in [1.165, 1.54) is 51.4 Å². The number of halogens is 2. The van der Waals surface area contributed by atoms with Gasteiger partial charge in [-0.1, -0.05) is 58.8 Å². The molecule has 0 amide bonds. The van der Waals surface area contributed by atoms with Gasteiger partial charge in [-0.2, -0.15) is 0 Å². The lowest BCUT2D eigenvalue weighted by atomic mass is 9.65. The Hall–Kier alpha value is -0.960. The Balaban J connectivity index is 1.34. The molecule has 5 unspecified atom stereocenters. The zero-order valence-electron chi connectivity index (χ0n) is 21.9. The van der Waals surface area contributed by atoms with Crippen molar-refractivity contribution in [1.29, 1.82) is 0 Å². The second-order valence-electron chi connectivity index (χ2n) is 11.7. The molecule has 1 nitrogen and oxygen atoms in total. The summed E-state index contributed by atoms with van der Waals surface area (Å²) in [6.07, 6.45) is 19.5. The molecule has 5 atom stereocenters. The van der Waals surface area contributed by atoms with Gasteiger partial charge < -0.3 is 4.74 Å². The number of fused-ring (bicyclic) bond motifs is 2. The minimum atomic E-state index is -0.265. The third kappa shape index (κ3) is 6.42. The highest BCUT2D eigenvalue weighted by Gasteiger charge is 2.38. The van der Waals surface area contributed by atoms with E-state index in [1.54, 1.807) is 6.07 Å². The molecule has 0 radical (unpaired) electrons. The third-order valence-electron chi connectivity index (χ3n) is 9.30. The van der Waals surface area contributed by atoms with Gasteiger partial charge in [0.25, 0.3) is 0 Å². The summed E-state index contributed by atoms with van der Waals surface area (Å²) in [7, 11) is 0. The van der Waals surface area contributed by atoms with E-state index < -0.39 is 0 Å². The summed E-state index contributed by atoms with van der Waals surface area (Å²) in [6.45, 7) is 5.36. The molecule has 1 aromatic carbocycles. The molecule has 0 N–H and O–H groups in total. The van der Waals surface area contributed by atoms with Crippen molar-refractivity contribution in [1.82, 2.24) is 0 Å². The van der Waals surface area contributed by atoms with E-state index in [-0.39, 0.29) is 17.6 Å². The lowest BCUT2D eigenvalue weighted by Gasteiger charge is -2.42. The first-order valence-corrected chi connectivity index (χ1v) is 14.7. The Morgan fingerprint density at radius 3 is 2.44 bits per heavy atom. The molecule has 3 aliphatic rings. The van der Waals surface area contributed by atoms with Crippen molar-refractivity contribution in [2.24, 2.45) is 17.8 Å². The Labute approximate surface area is 207 Å². The first-order chi connectivity index (χ1) is 16.6. The van der Waals surface area contributed by atoms with Crippen molar-refractivity contribution in [3.63, 3.8) is 0 Å². The van der Waals surface area contributed by atoms with E-state index in [0.717, 1.165) is 75.5 Å². The summed E-state index contributed by atoms with van der Waals surface area (Å²) < 4.78 is 37.2. The van der Waals surface area contributed by atoms with Gasteiger partial charge in [0.1, 0.15) is 11.6 Å². The van der Waals surface area contributed by atoms with E-state index >= 15 is 8.78 Å². The van der Waals surface area contributed by atoms with Crippen molar-refractivity contribution in [2.45, 2.75) is 135 Å². The smallest absolute Gasteiger partial charge is 0.133 e. The van der Waals surface area contributed by atoms with Crippen LogP contribution in [0.1, 0.15) is 133 Å². The first-order valence-electron chi connectivity index (χ1n) is 14.7. The summed E-state index contributed by atoms with van der Waals surface area (Å²) in [4.78, 5) is 0. The Bertz CT molecular complexity index is 775. The van der Waals surface area contributed by atoms with Gasteiger partial charge in [-0.25, -0.2) is 8.78 Å². The molecule has 0 heterocycles. The molecule has 0 spiro atoms. The molecule has 192 valence electrons. The predicted octanol–water partition coefficient (Wildman–Crippen LogP) is 9.30. The van der Waals surface area contributed by atoms with Crippen molar-refractivity contribution < 1.29 is 13.5 Å². The van der Waals surface area contributed by atoms with Crippen LogP contribution in [0.3, 0.4) is 0 Å². The fraction of sp³-hybridized carbons (Fsp3) is 0.806. The largest absolute Gasteiger partial charge is 0.378 e. The maximum atomic E-state index is 15.7. The molecular formula is C31H48F2O. The first kappa shape index (κ1) is 26.1. The second-order valence-corrected chi connectivity index (χ2v) is 11.7. The Morgan fingerprint density at radius 2 is 1.62 bits per heavy atom. The standard InChI is InChI=1S/C31H48F2O/c1-3-5-7-8-10-22-11-16-28-26(18-22)21-29(32)30(31(28)33)25-13-12-24-20-27(15-14-23(24)19-25)34-17-9-6-4-2/h21-25,27H,3-20H2,1-2H3. The minimum Gasteiger partial charge on any atom is -0.378 e. The van der Waals surface area contributed by atoms with E-state index in [1.807, 2.05) is 0 Å². The van der Waals surface area contributed by atoms with Gasteiger partial charge in [-0.3, -0.25) is 0 Å². The fourth-order valence-corrected chi connectivity index (χ4v) is 7.28. The highest BCUT2D eigenvalue weighted by molar-refractivity contribution is 5.39. The molecule has 2 saturated carbocycles. The zero-order valence-corrected chi connectivity index (χ0v) is 21.9. The molecule has 1 aromatic rings. The summed E-state index contributed by atoms with van der Waals surface area (Å²) in [6, 6.07) is 1.72. The fourth-order valence-electron chi connectivity index (χ4n) is 7.28. The van der Waals surface area contributed by atoms with Gasteiger partial charge >= 0.3 is 0 Å². The molecular weight excluding hydrogens is 426 g/mol. The van der Waals surface area contributed by atoms with Crippen molar-refractivity contribution in [2.75, 3.05) is 6.61 Å². The molecule has 0 bridgehead atoms. The van der Waals surface area contributed by atoms with Crippen LogP contribution in [0.2, 0.25) is 0 Å². The normalized spacial score (nSPS) is 29.0. The quantitative estimate of drug-likeness (QED) is 0.290. The zero-order chi connectivity index (χ0) is 23.9. The number of hydrogen-bond acceptors (Lipinski definition) is 1. The average molecular weight is 475 g/mol. The number of ether oxygens (including phenoxy) is 1. The van der Waals surface area contributed by atoms with Crippen molar-refractivity contribution in [3.05, 3.63) is 34.4 Å². The van der Waals surface area contributed by atoms with Crippen molar-refractivity contribution in [3.8, 4) is 0 Å². The van der Waals surface area contributed by atoms with Gasteiger partial charge in [-0.15, -0.1) is 0 Å². The maximum Gasteiger partial charge on any atom is 0.133 e. The molecule has 3 heteroatoms. The highest BCUT2D eigenvalue weighted by atomic mass is 19.1. The van der Waals surface area contributed by atoms with Crippen LogP contribution in [0.5, 0.6) is 0 Å². The monoisotopic (exact) mass is 474 g/mol. The molecule has 0 aliphatic heterocycles. The summed E-state index contributed by atoms with van der Waals surface area (Å²) in [5, 5.41) is 0. The number of hydrogen-bond donors (Lipinski definition) is 0. The topological polar surface area (TPSA) is 9.23 Å². The lowest BCUT2D eigenvalue weighted by molar-refractivity contribution is -0.0165. The Morgan fingerprint density at radius 1 is 0.853 bits per heavy atom. The SMILES string of the molecule is CCCCCCC1CCc2c(cc(F)c(C3CCC4CC(OCCCCC)CCC4C3)c2F)C1. The number of rotatable bonds is 11. The second kappa shape index (κ2) is 12.8. The van der Waals surface area contributed by atoms with Crippen molar-refractivity contribution >= 4 is 0 Å². The Kier molecular flexibility index (Phi) is 9.86. The molecule has 3 aliphatic carbocycles. The number of unbranched alkanes of at least 4 members (excludes halogenated alkanes) is 5. The van der Waals surface area contributed by atoms with Crippen LogP contribution in [0.25, 0.3) is 0 Å². The lowest BCUT2D eigenvalue weighted by Crippen LogP contribution is -2.34. The molecule has 2 fully saturated rings. The minimum absolute atomic E-state index is 0.0559. The van der Waals surface area contributed by atoms with Crippen LogP contribution in [0, 0.1) is 29.4 Å². The molecule has 4 rings (SSSR count). The molecule has 0 saturated heterocycles. The van der Waals surface area contributed by atoms with Gasteiger partial charge in [0, 0.05) is 12.2 Å². The van der Waals surface area contributed by atoms with Crippen LogP contribution >= 0.6 is 0 Å². The average Bonchev–Trinajstić information content (AvgIpc) is 2.84. The van der Waals surface area contributed by atoms with Crippen LogP contribution in [-0.2, 0) is 17.6 Å². The van der Waals surface area contributed by atoms with E-state index in [2.05, 4.69) is 13.8 Å². The van der Waals surface area contributed by atoms with Crippen LogP contribution in [0.15, 0.2) is 6.07 Å². The van der Waals surface area contributed by atoms with Crippen LogP contribution < -0.4 is 0 Å². The van der Waals surface area contributed by atoms with Gasteiger partial charge in [0.05, 0.1) is 6.10 Å². The summed E-state index contributed by atoms with van der Waals surface area (Å²) in [5.74, 6) is 1.49. The molecule has 0 aromatic heterocycles. The summed E-state index contributed by atoms with van der Waals surface area (Å²) >= 11 is 0. The van der Waals surface area contributed by atoms with E-state index in [0.29, 0.717) is 29.4 Å². The van der Waals surface area contributed by atoms with Crippen LogP contribution in [-0.4, -0.2) is 12.7 Å².